The zero-order valence-corrected chi connectivity index (χ0v) is 7.33. The van der Waals surface area contributed by atoms with Crippen LogP contribution < -0.4 is 0 Å². The molecule has 0 bridgehead atoms. The van der Waals surface area contributed by atoms with E-state index in [0.29, 0.717) is 6.04 Å². The van der Waals surface area contributed by atoms with E-state index in [-0.39, 0.29) is 11.9 Å². The van der Waals surface area contributed by atoms with Crippen LogP contribution in [0, 0.1) is 5.92 Å². The molecule has 1 fully saturated rings. The highest BCUT2D eigenvalue weighted by molar-refractivity contribution is 5.73. The summed E-state index contributed by atoms with van der Waals surface area (Å²) in [5, 5.41) is 0. The number of methoxy groups -OCH3 is 1. The number of hydrogen-bond acceptors (Lipinski definition) is 3. The van der Waals surface area contributed by atoms with Crippen molar-refractivity contribution in [1.82, 2.24) is 4.90 Å². The highest BCUT2D eigenvalue weighted by Crippen LogP contribution is 2.22. The minimum Gasteiger partial charge on any atom is -0.469 e. The number of carbonyl (C=O) groups is 1. The van der Waals surface area contributed by atoms with Crippen molar-refractivity contribution in [3.05, 3.63) is 0 Å². The Bertz CT molecular complexity index is 158. The Labute approximate surface area is 67.3 Å². The first-order valence-electron chi connectivity index (χ1n) is 3.95. The number of ether oxygens (including phenoxy) is 1. The van der Waals surface area contributed by atoms with Gasteiger partial charge in [0.05, 0.1) is 13.0 Å². The predicted octanol–water partition coefficient (Wildman–Crippen LogP) is 0.500. The van der Waals surface area contributed by atoms with Crippen LogP contribution in [0.2, 0.25) is 0 Å². The summed E-state index contributed by atoms with van der Waals surface area (Å²) in [5.74, 6) is 0.0202. The summed E-state index contributed by atoms with van der Waals surface area (Å²) >= 11 is 0. The van der Waals surface area contributed by atoms with Gasteiger partial charge in [0.1, 0.15) is 0 Å². The third-order valence-corrected chi connectivity index (χ3v) is 2.57. The average molecular weight is 157 g/mol. The first kappa shape index (κ1) is 8.53. The molecule has 1 rings (SSSR count). The van der Waals surface area contributed by atoms with Gasteiger partial charge in [-0.2, -0.15) is 0 Å². The summed E-state index contributed by atoms with van der Waals surface area (Å²) in [5.41, 5.74) is 0. The molecule has 0 N–H and O–H groups in total. The van der Waals surface area contributed by atoms with Crippen molar-refractivity contribution in [2.45, 2.75) is 19.4 Å². The summed E-state index contributed by atoms with van der Waals surface area (Å²) in [6.07, 6.45) is 0.935. The lowest BCUT2D eigenvalue weighted by atomic mass is 10.0. The molecule has 0 aromatic heterocycles. The van der Waals surface area contributed by atoms with E-state index in [1.54, 1.807) is 0 Å². The minimum absolute atomic E-state index is 0.0677. The lowest BCUT2D eigenvalue weighted by molar-refractivity contribution is -0.145. The van der Waals surface area contributed by atoms with Crippen molar-refractivity contribution in [1.29, 1.82) is 0 Å². The zero-order valence-electron chi connectivity index (χ0n) is 7.33. The Morgan fingerprint density at radius 2 is 2.27 bits per heavy atom. The Balaban J connectivity index is 2.54. The van der Waals surface area contributed by atoms with E-state index in [1.165, 1.54) is 7.11 Å². The molecule has 11 heavy (non-hydrogen) atoms. The zero-order chi connectivity index (χ0) is 8.43. The number of nitrogens with zero attached hydrogens (tertiary/aromatic N) is 1. The summed E-state index contributed by atoms with van der Waals surface area (Å²) in [4.78, 5) is 13.3. The SMILES string of the molecule is COC(=O)C1CCN(C)C1C. The molecule has 0 spiro atoms. The van der Waals surface area contributed by atoms with E-state index >= 15 is 0 Å². The molecule has 64 valence electrons. The maximum Gasteiger partial charge on any atom is 0.310 e. The summed E-state index contributed by atoms with van der Waals surface area (Å²) in [7, 11) is 3.49. The molecule has 2 atom stereocenters. The number of likely N-dealkylation sites (tertiary alicyclic amines) is 1. The van der Waals surface area contributed by atoms with Crippen molar-refractivity contribution in [2.24, 2.45) is 5.92 Å². The maximum atomic E-state index is 11.1. The molecule has 0 amide bonds. The highest BCUT2D eigenvalue weighted by Gasteiger charge is 2.33. The van der Waals surface area contributed by atoms with Crippen LogP contribution in [0.4, 0.5) is 0 Å². The van der Waals surface area contributed by atoms with E-state index in [4.69, 9.17) is 0 Å². The molecule has 2 unspecified atom stereocenters. The van der Waals surface area contributed by atoms with Crippen LogP contribution in [-0.4, -0.2) is 37.6 Å². The van der Waals surface area contributed by atoms with E-state index in [1.807, 2.05) is 7.05 Å². The number of hydrogen-bond donors (Lipinski definition) is 0. The lowest BCUT2D eigenvalue weighted by Crippen LogP contribution is -2.30. The van der Waals surface area contributed by atoms with E-state index in [9.17, 15) is 4.79 Å². The maximum absolute atomic E-state index is 11.1. The van der Waals surface area contributed by atoms with Gasteiger partial charge >= 0.3 is 5.97 Å². The van der Waals surface area contributed by atoms with Crippen LogP contribution in [0.3, 0.4) is 0 Å². The van der Waals surface area contributed by atoms with Crippen LogP contribution in [-0.2, 0) is 9.53 Å². The van der Waals surface area contributed by atoms with Gasteiger partial charge in [-0.1, -0.05) is 0 Å². The molecule has 1 saturated heterocycles. The smallest absolute Gasteiger partial charge is 0.310 e. The quantitative estimate of drug-likeness (QED) is 0.519. The van der Waals surface area contributed by atoms with Gasteiger partial charge < -0.3 is 9.64 Å². The number of carbonyl (C=O) groups excluding carboxylic acids is 1. The molecule has 0 radical (unpaired) electrons. The van der Waals surface area contributed by atoms with E-state index < -0.39 is 0 Å². The van der Waals surface area contributed by atoms with Crippen molar-refractivity contribution in [3.8, 4) is 0 Å². The van der Waals surface area contributed by atoms with Gasteiger partial charge in [0.15, 0.2) is 0 Å². The lowest BCUT2D eigenvalue weighted by Gasteiger charge is -2.18. The topological polar surface area (TPSA) is 29.5 Å². The standard InChI is InChI=1S/C8H15NO2/c1-6-7(8(10)11-3)4-5-9(6)2/h6-7H,4-5H2,1-3H3. The molecule has 3 nitrogen and oxygen atoms in total. The van der Waals surface area contributed by atoms with Gasteiger partial charge in [-0.3, -0.25) is 4.79 Å². The van der Waals surface area contributed by atoms with Crippen molar-refractivity contribution in [2.75, 3.05) is 20.7 Å². The van der Waals surface area contributed by atoms with Crippen LogP contribution in [0.25, 0.3) is 0 Å². The third kappa shape index (κ3) is 1.53. The van der Waals surface area contributed by atoms with Gasteiger partial charge in [0.2, 0.25) is 0 Å². The van der Waals surface area contributed by atoms with Crippen LogP contribution >= 0.6 is 0 Å². The third-order valence-electron chi connectivity index (χ3n) is 2.57. The first-order chi connectivity index (χ1) is 5.16. The second-order valence-corrected chi connectivity index (χ2v) is 3.14. The summed E-state index contributed by atoms with van der Waals surface area (Å²) in [6, 6.07) is 0.336. The molecular formula is C8H15NO2. The average Bonchev–Trinajstić information content (AvgIpc) is 2.32. The van der Waals surface area contributed by atoms with E-state index in [0.717, 1.165) is 13.0 Å². The molecule has 3 heteroatoms. The van der Waals surface area contributed by atoms with Crippen LogP contribution in [0.5, 0.6) is 0 Å². The van der Waals surface area contributed by atoms with Gasteiger partial charge in [0.25, 0.3) is 0 Å². The van der Waals surface area contributed by atoms with Crippen molar-refractivity contribution < 1.29 is 9.53 Å². The molecular weight excluding hydrogens is 142 g/mol. The Hall–Kier alpha value is -0.570. The fourth-order valence-corrected chi connectivity index (χ4v) is 1.56. The monoisotopic (exact) mass is 157 g/mol. The molecule has 0 aromatic carbocycles. The Kier molecular flexibility index (Phi) is 2.49. The molecule has 0 saturated carbocycles. The molecule has 1 aliphatic heterocycles. The predicted molar refractivity (Wildman–Crippen MR) is 42.2 cm³/mol. The molecule has 1 aliphatic rings. The highest BCUT2D eigenvalue weighted by atomic mass is 16.5. The normalized spacial score (nSPS) is 32.3. The van der Waals surface area contributed by atoms with Crippen LogP contribution in [0.15, 0.2) is 0 Å². The largest absolute Gasteiger partial charge is 0.469 e. The minimum atomic E-state index is -0.0677. The van der Waals surface area contributed by atoms with Gasteiger partial charge in [-0.25, -0.2) is 0 Å². The first-order valence-corrected chi connectivity index (χ1v) is 3.95. The fourth-order valence-electron chi connectivity index (χ4n) is 1.56. The number of rotatable bonds is 1. The fraction of sp³-hybridized carbons (Fsp3) is 0.875. The van der Waals surface area contributed by atoms with Gasteiger partial charge in [-0.05, 0) is 26.9 Å². The Morgan fingerprint density at radius 1 is 1.64 bits per heavy atom. The molecule has 0 aliphatic carbocycles. The molecule has 0 aromatic rings. The van der Waals surface area contributed by atoms with Crippen molar-refractivity contribution in [3.63, 3.8) is 0 Å². The van der Waals surface area contributed by atoms with Crippen molar-refractivity contribution >= 4 is 5.97 Å². The van der Waals surface area contributed by atoms with Gasteiger partial charge in [-0.15, -0.1) is 0 Å². The van der Waals surface area contributed by atoms with E-state index in [2.05, 4.69) is 16.6 Å². The molecule has 1 heterocycles. The van der Waals surface area contributed by atoms with Crippen LogP contribution in [0.1, 0.15) is 13.3 Å². The summed E-state index contributed by atoms with van der Waals surface area (Å²) in [6.45, 7) is 3.07. The second-order valence-electron chi connectivity index (χ2n) is 3.14. The Morgan fingerprint density at radius 3 is 2.64 bits per heavy atom. The number of esters is 1. The second kappa shape index (κ2) is 3.22. The van der Waals surface area contributed by atoms with Gasteiger partial charge in [0, 0.05) is 6.04 Å². The summed E-state index contributed by atoms with van der Waals surface area (Å²) < 4.78 is 4.69.